The van der Waals surface area contributed by atoms with Crippen LogP contribution in [0, 0.1) is 22.2 Å². The highest BCUT2D eigenvalue weighted by Crippen LogP contribution is 2.56. The highest BCUT2D eigenvalue weighted by atomic mass is 16.7. The van der Waals surface area contributed by atoms with Gasteiger partial charge >= 0.3 is 0 Å². The summed E-state index contributed by atoms with van der Waals surface area (Å²) < 4.78 is 12.5. The van der Waals surface area contributed by atoms with Crippen LogP contribution < -0.4 is 4.74 Å². The Bertz CT molecular complexity index is 679. The smallest absolute Gasteiger partial charge is 0.200 e. The van der Waals surface area contributed by atoms with E-state index in [9.17, 15) is 0 Å². The van der Waals surface area contributed by atoms with Crippen LogP contribution in [0.25, 0.3) is 0 Å². The maximum Gasteiger partial charge on any atom is 0.200 e. The van der Waals surface area contributed by atoms with Crippen molar-refractivity contribution in [1.29, 1.82) is 0 Å². The van der Waals surface area contributed by atoms with Gasteiger partial charge in [-0.3, -0.25) is 0 Å². The molecule has 2 bridgehead atoms. The largest absolute Gasteiger partial charge is 0.465 e. The molecule has 2 unspecified atom stereocenters. The summed E-state index contributed by atoms with van der Waals surface area (Å²) in [4.78, 5) is 0. The van der Waals surface area contributed by atoms with Gasteiger partial charge in [0, 0.05) is 13.0 Å². The Kier molecular flexibility index (Phi) is 7.83. The first kappa shape index (κ1) is 24.6. The van der Waals surface area contributed by atoms with E-state index in [4.69, 9.17) is 9.47 Å². The molecule has 0 saturated heterocycles. The lowest BCUT2D eigenvalue weighted by Crippen LogP contribution is -2.29. The highest BCUT2D eigenvalue weighted by molar-refractivity contribution is 5.31. The van der Waals surface area contributed by atoms with Gasteiger partial charge in [-0.05, 0) is 91.2 Å². The van der Waals surface area contributed by atoms with Crippen molar-refractivity contribution in [1.82, 2.24) is 0 Å². The summed E-state index contributed by atoms with van der Waals surface area (Å²) in [6.45, 7) is 17.1. The topological polar surface area (TPSA) is 18.5 Å². The molecular formula is C29H48O2. The Balaban J connectivity index is 1.71. The Morgan fingerprint density at radius 3 is 2.10 bits per heavy atom. The number of rotatable bonds is 12. The molecular weight excluding hydrogens is 380 g/mol. The first-order valence-electron chi connectivity index (χ1n) is 13.0. The minimum Gasteiger partial charge on any atom is -0.465 e. The summed E-state index contributed by atoms with van der Waals surface area (Å²) in [6, 6.07) is 8.99. The molecule has 2 nitrogen and oxygen atoms in total. The van der Waals surface area contributed by atoms with Gasteiger partial charge in [-0.2, -0.15) is 0 Å². The van der Waals surface area contributed by atoms with Crippen LogP contribution in [-0.4, -0.2) is 12.9 Å². The SMILES string of the molecule is CCOC(CC12CCC(CC1)C2)Oc1ccc(C(CC(C)(C)CC)C(C)(C)CC)cc1. The average molecular weight is 429 g/mol. The van der Waals surface area contributed by atoms with Crippen LogP contribution in [0.4, 0.5) is 0 Å². The molecule has 2 aliphatic rings. The Labute approximate surface area is 192 Å². The van der Waals surface area contributed by atoms with E-state index in [1.807, 2.05) is 0 Å². The van der Waals surface area contributed by atoms with Crippen LogP contribution in [-0.2, 0) is 4.74 Å². The first-order chi connectivity index (χ1) is 14.6. The van der Waals surface area contributed by atoms with Crippen molar-refractivity contribution in [2.45, 2.75) is 118 Å². The zero-order valence-corrected chi connectivity index (χ0v) is 21.4. The Morgan fingerprint density at radius 1 is 0.968 bits per heavy atom. The summed E-state index contributed by atoms with van der Waals surface area (Å²) in [5.74, 6) is 2.47. The van der Waals surface area contributed by atoms with E-state index in [0.717, 1.165) is 18.1 Å². The number of hydrogen-bond acceptors (Lipinski definition) is 2. The third-order valence-corrected chi connectivity index (χ3v) is 8.96. The minimum absolute atomic E-state index is 0.116. The second-order valence-electron chi connectivity index (χ2n) is 12.0. The fourth-order valence-corrected chi connectivity index (χ4v) is 5.99. The van der Waals surface area contributed by atoms with Crippen molar-refractivity contribution in [3.8, 4) is 5.75 Å². The van der Waals surface area contributed by atoms with E-state index < -0.39 is 0 Å². The molecule has 1 aromatic carbocycles. The summed E-state index contributed by atoms with van der Waals surface area (Å²) >= 11 is 0. The van der Waals surface area contributed by atoms with Gasteiger partial charge < -0.3 is 9.47 Å². The predicted octanol–water partition coefficient (Wildman–Crippen LogP) is 8.74. The van der Waals surface area contributed by atoms with Gasteiger partial charge in [0.15, 0.2) is 6.29 Å². The number of fused-ring (bicyclic) bond motifs is 2. The molecule has 2 fully saturated rings. The van der Waals surface area contributed by atoms with Crippen molar-refractivity contribution < 1.29 is 9.47 Å². The molecule has 0 spiro atoms. The van der Waals surface area contributed by atoms with Crippen molar-refractivity contribution in [2.24, 2.45) is 22.2 Å². The molecule has 3 rings (SSSR count). The van der Waals surface area contributed by atoms with Gasteiger partial charge in [-0.25, -0.2) is 0 Å². The monoisotopic (exact) mass is 428 g/mol. The van der Waals surface area contributed by atoms with Crippen molar-refractivity contribution >= 4 is 0 Å². The van der Waals surface area contributed by atoms with E-state index in [-0.39, 0.29) is 11.7 Å². The number of hydrogen-bond donors (Lipinski definition) is 0. The van der Waals surface area contributed by atoms with Crippen LogP contribution in [0.15, 0.2) is 24.3 Å². The molecule has 0 amide bonds. The minimum atomic E-state index is -0.116. The number of ether oxygens (including phenoxy) is 2. The van der Waals surface area contributed by atoms with E-state index >= 15 is 0 Å². The summed E-state index contributed by atoms with van der Waals surface area (Å²) in [7, 11) is 0. The lowest BCUT2D eigenvalue weighted by Gasteiger charge is -2.39. The maximum atomic E-state index is 6.41. The molecule has 2 heteroatoms. The molecule has 1 aromatic rings. The van der Waals surface area contributed by atoms with Crippen LogP contribution >= 0.6 is 0 Å². The fraction of sp³-hybridized carbons (Fsp3) is 0.793. The highest BCUT2D eigenvalue weighted by Gasteiger charge is 2.46. The molecule has 0 radical (unpaired) electrons. The second-order valence-corrected chi connectivity index (χ2v) is 12.0. The first-order valence-corrected chi connectivity index (χ1v) is 13.0. The van der Waals surface area contributed by atoms with Gasteiger partial charge in [-0.1, -0.05) is 66.5 Å². The van der Waals surface area contributed by atoms with Crippen molar-refractivity contribution in [3.63, 3.8) is 0 Å². The van der Waals surface area contributed by atoms with Gasteiger partial charge in [0.1, 0.15) is 5.75 Å². The molecule has 0 aromatic heterocycles. The van der Waals surface area contributed by atoms with Crippen LogP contribution in [0.1, 0.15) is 118 Å². The third kappa shape index (κ3) is 6.06. The van der Waals surface area contributed by atoms with Crippen LogP contribution in [0.2, 0.25) is 0 Å². The quantitative estimate of drug-likeness (QED) is 0.310. The van der Waals surface area contributed by atoms with E-state index in [1.165, 1.54) is 56.9 Å². The van der Waals surface area contributed by atoms with Gasteiger partial charge in [0.2, 0.25) is 0 Å². The van der Waals surface area contributed by atoms with Gasteiger partial charge in [-0.15, -0.1) is 0 Å². The predicted molar refractivity (Wildman–Crippen MR) is 132 cm³/mol. The van der Waals surface area contributed by atoms with E-state index in [2.05, 4.69) is 72.7 Å². The lowest BCUT2D eigenvalue weighted by molar-refractivity contribution is -0.100. The zero-order chi connectivity index (χ0) is 22.7. The summed E-state index contributed by atoms with van der Waals surface area (Å²) in [5.41, 5.74) is 2.56. The van der Waals surface area contributed by atoms with Crippen LogP contribution in [0.3, 0.4) is 0 Å². The second kappa shape index (κ2) is 9.86. The van der Waals surface area contributed by atoms with E-state index in [1.54, 1.807) is 0 Å². The molecule has 2 aliphatic carbocycles. The molecule has 0 aliphatic heterocycles. The van der Waals surface area contributed by atoms with Crippen molar-refractivity contribution in [3.05, 3.63) is 29.8 Å². The van der Waals surface area contributed by atoms with Crippen LogP contribution in [0.5, 0.6) is 5.75 Å². The molecule has 2 saturated carbocycles. The van der Waals surface area contributed by atoms with Crippen molar-refractivity contribution in [2.75, 3.05) is 6.61 Å². The molecule has 2 atom stereocenters. The molecule has 0 heterocycles. The van der Waals surface area contributed by atoms with E-state index in [0.29, 0.717) is 23.4 Å². The Morgan fingerprint density at radius 2 is 1.61 bits per heavy atom. The summed E-state index contributed by atoms with van der Waals surface area (Å²) in [6.07, 6.45) is 11.5. The van der Waals surface area contributed by atoms with Gasteiger partial charge in [0.25, 0.3) is 0 Å². The Hall–Kier alpha value is -1.02. The molecule has 176 valence electrons. The average Bonchev–Trinajstić information content (AvgIpc) is 3.33. The lowest BCUT2D eigenvalue weighted by atomic mass is 9.66. The molecule has 0 N–H and O–H groups in total. The standard InChI is InChI=1S/C29H48O2/c1-8-27(4,5)20-25(28(6,7)9-2)23-11-13-24(14-12-23)31-26(30-10-3)21-29-17-15-22(19-29)16-18-29/h11-14,22,25-26H,8-10,15-21H2,1-7H3. The maximum absolute atomic E-state index is 6.41. The van der Waals surface area contributed by atoms with Gasteiger partial charge in [0.05, 0.1) is 0 Å². The summed E-state index contributed by atoms with van der Waals surface area (Å²) in [5, 5.41) is 0. The third-order valence-electron chi connectivity index (χ3n) is 8.96. The zero-order valence-electron chi connectivity index (χ0n) is 21.4. The fourth-order valence-electron chi connectivity index (χ4n) is 5.99. The normalized spacial score (nSPS) is 25.6. The molecule has 31 heavy (non-hydrogen) atoms. The number of benzene rings is 1.